The van der Waals surface area contributed by atoms with E-state index >= 15 is 0 Å². The smallest absolute Gasteiger partial charge is 0.376 e. The SMILES string of the molecule is COc1ccc(Nc2oc3cc(Cl)ccc3c(=O)c2[N+](=O)[O-])cc1. The summed E-state index contributed by atoms with van der Waals surface area (Å²) in [7, 11) is 1.53. The molecule has 3 rings (SSSR count). The average Bonchev–Trinajstić information content (AvgIpc) is 2.55. The van der Waals surface area contributed by atoms with Crippen LogP contribution in [0.15, 0.2) is 51.7 Å². The summed E-state index contributed by atoms with van der Waals surface area (Å²) in [5.74, 6) is 0.367. The molecular weight excluding hydrogens is 336 g/mol. The molecule has 0 atom stereocenters. The van der Waals surface area contributed by atoms with Crippen molar-refractivity contribution in [2.45, 2.75) is 0 Å². The van der Waals surface area contributed by atoms with Crippen LogP contribution < -0.4 is 15.5 Å². The van der Waals surface area contributed by atoms with Crippen molar-refractivity contribution in [1.82, 2.24) is 0 Å². The summed E-state index contributed by atoms with van der Waals surface area (Å²) in [6.45, 7) is 0. The van der Waals surface area contributed by atoms with Gasteiger partial charge >= 0.3 is 5.69 Å². The number of hydrogen-bond acceptors (Lipinski definition) is 6. The number of nitrogens with zero attached hydrogens (tertiary/aromatic N) is 1. The normalized spacial score (nSPS) is 10.6. The minimum atomic E-state index is -0.772. The number of nitrogens with one attached hydrogen (secondary N) is 1. The van der Waals surface area contributed by atoms with Crippen LogP contribution in [-0.2, 0) is 0 Å². The lowest BCUT2D eigenvalue weighted by Gasteiger charge is -2.08. The van der Waals surface area contributed by atoms with E-state index in [2.05, 4.69) is 5.32 Å². The minimum Gasteiger partial charge on any atom is -0.497 e. The first kappa shape index (κ1) is 15.8. The molecule has 0 fully saturated rings. The minimum absolute atomic E-state index is 0.0892. The first-order valence-corrected chi connectivity index (χ1v) is 7.19. The highest BCUT2D eigenvalue weighted by Gasteiger charge is 2.25. The first-order chi connectivity index (χ1) is 11.5. The zero-order valence-corrected chi connectivity index (χ0v) is 13.2. The molecule has 122 valence electrons. The molecule has 0 spiro atoms. The van der Waals surface area contributed by atoms with Crippen molar-refractivity contribution in [3.63, 3.8) is 0 Å². The second-order valence-corrected chi connectivity index (χ2v) is 5.30. The fourth-order valence-corrected chi connectivity index (χ4v) is 2.38. The lowest BCUT2D eigenvalue weighted by Crippen LogP contribution is -2.11. The molecular formula is C16H11ClN2O5. The zero-order valence-electron chi connectivity index (χ0n) is 12.4. The Kier molecular flexibility index (Phi) is 4.09. The van der Waals surface area contributed by atoms with Crippen LogP contribution in [-0.4, -0.2) is 12.0 Å². The quantitative estimate of drug-likeness (QED) is 0.564. The van der Waals surface area contributed by atoms with Gasteiger partial charge in [0.05, 0.1) is 17.4 Å². The number of rotatable bonds is 4. The van der Waals surface area contributed by atoms with Crippen LogP contribution in [0.5, 0.6) is 5.75 Å². The fraction of sp³-hybridized carbons (Fsp3) is 0.0625. The Morgan fingerprint density at radius 1 is 1.21 bits per heavy atom. The molecule has 7 nitrogen and oxygen atoms in total. The second-order valence-electron chi connectivity index (χ2n) is 4.86. The Morgan fingerprint density at radius 2 is 1.92 bits per heavy atom. The number of fused-ring (bicyclic) bond motifs is 1. The second kappa shape index (κ2) is 6.21. The van der Waals surface area contributed by atoms with Crippen LogP contribution in [0.2, 0.25) is 5.02 Å². The number of methoxy groups -OCH3 is 1. The molecule has 1 heterocycles. The Morgan fingerprint density at radius 3 is 2.54 bits per heavy atom. The summed E-state index contributed by atoms with van der Waals surface area (Å²) < 4.78 is 10.6. The topological polar surface area (TPSA) is 94.6 Å². The monoisotopic (exact) mass is 346 g/mol. The van der Waals surface area contributed by atoms with E-state index in [0.29, 0.717) is 16.5 Å². The molecule has 3 aromatic rings. The summed E-state index contributed by atoms with van der Waals surface area (Å²) in [5, 5.41) is 14.5. The highest BCUT2D eigenvalue weighted by Crippen LogP contribution is 2.30. The highest BCUT2D eigenvalue weighted by atomic mass is 35.5. The Balaban J connectivity index is 2.15. The highest BCUT2D eigenvalue weighted by molar-refractivity contribution is 6.31. The van der Waals surface area contributed by atoms with Gasteiger partial charge in [0.1, 0.15) is 11.3 Å². The predicted octanol–water partition coefficient (Wildman–Crippen LogP) is 4.11. The van der Waals surface area contributed by atoms with Crippen molar-refractivity contribution in [2.75, 3.05) is 12.4 Å². The van der Waals surface area contributed by atoms with Crippen molar-refractivity contribution in [3.8, 4) is 5.75 Å². The molecule has 0 saturated heterocycles. The lowest BCUT2D eigenvalue weighted by atomic mass is 10.2. The third-order valence-corrected chi connectivity index (χ3v) is 3.60. The predicted molar refractivity (Wildman–Crippen MR) is 90.4 cm³/mol. The van der Waals surface area contributed by atoms with E-state index in [9.17, 15) is 14.9 Å². The summed E-state index contributed by atoms with van der Waals surface area (Å²) in [6.07, 6.45) is 0. The van der Waals surface area contributed by atoms with Crippen molar-refractivity contribution in [1.29, 1.82) is 0 Å². The fourth-order valence-electron chi connectivity index (χ4n) is 2.21. The van der Waals surface area contributed by atoms with Crippen LogP contribution in [0.1, 0.15) is 0 Å². The molecule has 0 radical (unpaired) electrons. The molecule has 0 amide bonds. The molecule has 1 N–H and O–H groups in total. The maximum absolute atomic E-state index is 12.4. The number of hydrogen-bond donors (Lipinski definition) is 1. The van der Waals surface area contributed by atoms with Crippen LogP contribution in [0, 0.1) is 10.1 Å². The van der Waals surface area contributed by atoms with Gasteiger partial charge in [0, 0.05) is 16.8 Å². The molecule has 24 heavy (non-hydrogen) atoms. The summed E-state index contributed by atoms with van der Waals surface area (Å²) in [6, 6.07) is 10.9. The number of nitro groups is 1. The third-order valence-electron chi connectivity index (χ3n) is 3.36. The van der Waals surface area contributed by atoms with Gasteiger partial charge in [-0.25, -0.2) is 0 Å². The summed E-state index contributed by atoms with van der Waals surface area (Å²) in [4.78, 5) is 22.9. The molecule has 1 aromatic heterocycles. The van der Waals surface area contributed by atoms with Gasteiger partial charge in [0.2, 0.25) is 0 Å². The molecule has 0 aliphatic rings. The Labute approximate surface area is 140 Å². The maximum Gasteiger partial charge on any atom is 0.376 e. The molecule has 8 heteroatoms. The van der Waals surface area contributed by atoms with E-state index in [1.54, 1.807) is 24.3 Å². The van der Waals surface area contributed by atoms with E-state index < -0.39 is 16.0 Å². The third kappa shape index (κ3) is 2.89. The van der Waals surface area contributed by atoms with Gasteiger partial charge in [0.25, 0.3) is 11.3 Å². The van der Waals surface area contributed by atoms with E-state index in [0.717, 1.165) is 0 Å². The van der Waals surface area contributed by atoms with Gasteiger partial charge in [-0.05, 0) is 36.4 Å². The largest absolute Gasteiger partial charge is 0.497 e. The number of anilines is 2. The van der Waals surface area contributed by atoms with E-state index in [4.69, 9.17) is 20.8 Å². The number of ether oxygens (including phenoxy) is 1. The molecule has 0 bridgehead atoms. The first-order valence-electron chi connectivity index (χ1n) is 6.81. The van der Waals surface area contributed by atoms with E-state index in [1.807, 2.05) is 0 Å². The zero-order chi connectivity index (χ0) is 17.3. The summed E-state index contributed by atoms with van der Waals surface area (Å²) in [5.41, 5.74) is -0.743. The van der Waals surface area contributed by atoms with Crippen molar-refractivity contribution >= 4 is 39.8 Å². The maximum atomic E-state index is 12.4. The summed E-state index contributed by atoms with van der Waals surface area (Å²) >= 11 is 5.89. The average molecular weight is 347 g/mol. The van der Waals surface area contributed by atoms with Gasteiger partial charge in [-0.3, -0.25) is 14.9 Å². The van der Waals surface area contributed by atoms with E-state index in [1.165, 1.54) is 25.3 Å². The van der Waals surface area contributed by atoms with Gasteiger partial charge in [-0.15, -0.1) is 0 Å². The van der Waals surface area contributed by atoms with E-state index in [-0.39, 0.29) is 16.9 Å². The molecule has 0 saturated carbocycles. The Hall–Kier alpha value is -3.06. The van der Waals surface area contributed by atoms with Crippen molar-refractivity contribution < 1.29 is 14.1 Å². The van der Waals surface area contributed by atoms with Gasteiger partial charge in [0.15, 0.2) is 0 Å². The van der Waals surface area contributed by atoms with Gasteiger partial charge in [-0.1, -0.05) is 11.6 Å². The Bertz CT molecular complexity index is 982. The number of halogens is 1. The van der Waals surface area contributed by atoms with Gasteiger partial charge in [-0.2, -0.15) is 0 Å². The standard InChI is InChI=1S/C16H11ClN2O5/c1-23-11-5-3-10(4-6-11)18-16-14(19(21)22)15(20)12-7-2-9(17)8-13(12)24-16/h2-8,18H,1H3. The van der Waals surface area contributed by atoms with Crippen molar-refractivity contribution in [2.24, 2.45) is 0 Å². The molecule has 2 aromatic carbocycles. The number of benzene rings is 2. The van der Waals surface area contributed by atoms with Crippen LogP contribution in [0.4, 0.5) is 17.3 Å². The lowest BCUT2D eigenvalue weighted by molar-refractivity contribution is -0.385. The van der Waals surface area contributed by atoms with Crippen LogP contribution >= 0.6 is 11.6 Å². The molecule has 0 aliphatic heterocycles. The molecule has 0 unspecified atom stereocenters. The molecule has 0 aliphatic carbocycles. The van der Waals surface area contributed by atoms with Crippen LogP contribution in [0.25, 0.3) is 11.0 Å². The van der Waals surface area contributed by atoms with Crippen molar-refractivity contribution in [3.05, 3.63) is 67.8 Å². The van der Waals surface area contributed by atoms with Crippen LogP contribution in [0.3, 0.4) is 0 Å². The van der Waals surface area contributed by atoms with Gasteiger partial charge < -0.3 is 14.5 Å².